The molecule has 0 aliphatic carbocycles. The summed E-state index contributed by atoms with van der Waals surface area (Å²) in [5, 5.41) is 12.8. The number of thiophene rings is 1. The first-order valence-electron chi connectivity index (χ1n) is 6.11. The van der Waals surface area contributed by atoms with Crippen LogP contribution in [0.1, 0.15) is 15.9 Å². The fourth-order valence-corrected chi connectivity index (χ4v) is 2.51. The Morgan fingerprint density at radius 2 is 2.10 bits per heavy atom. The van der Waals surface area contributed by atoms with Gasteiger partial charge in [0.1, 0.15) is 11.6 Å². The summed E-state index contributed by atoms with van der Waals surface area (Å²) < 4.78 is 10.5. The fraction of sp³-hybridized carbons (Fsp3) is 0.125. The van der Waals surface area contributed by atoms with Gasteiger partial charge in [0.15, 0.2) is 11.5 Å². The van der Waals surface area contributed by atoms with E-state index in [2.05, 4.69) is 0 Å². The van der Waals surface area contributed by atoms with E-state index < -0.39 is 0 Å². The van der Waals surface area contributed by atoms with Crippen molar-refractivity contribution in [2.24, 2.45) is 0 Å². The molecule has 0 unspecified atom stereocenters. The van der Waals surface area contributed by atoms with Crippen molar-refractivity contribution >= 4 is 23.2 Å². The van der Waals surface area contributed by atoms with E-state index in [9.17, 15) is 10.1 Å². The Hall–Kier alpha value is -2.58. The van der Waals surface area contributed by atoms with Gasteiger partial charge in [0.25, 0.3) is 0 Å². The summed E-state index contributed by atoms with van der Waals surface area (Å²) in [4.78, 5) is 12.2. The molecule has 1 aromatic heterocycles. The Kier molecular flexibility index (Phi) is 4.75. The van der Waals surface area contributed by atoms with Gasteiger partial charge in [-0.05, 0) is 23.6 Å². The maximum Gasteiger partial charge on any atom is 0.204 e. The van der Waals surface area contributed by atoms with Crippen LogP contribution in [0, 0.1) is 11.3 Å². The number of carbonyl (C=O) groups is 1. The van der Waals surface area contributed by atoms with Crippen molar-refractivity contribution in [2.75, 3.05) is 14.2 Å². The van der Waals surface area contributed by atoms with Crippen molar-refractivity contribution in [1.82, 2.24) is 0 Å². The number of nitrogens with zero attached hydrogens (tertiary/aromatic N) is 1. The van der Waals surface area contributed by atoms with Crippen LogP contribution in [-0.2, 0) is 0 Å². The quantitative estimate of drug-likeness (QED) is 0.481. The monoisotopic (exact) mass is 299 g/mol. The van der Waals surface area contributed by atoms with Gasteiger partial charge >= 0.3 is 0 Å². The minimum Gasteiger partial charge on any atom is -0.493 e. The highest BCUT2D eigenvalue weighted by atomic mass is 32.1. The minimum atomic E-state index is -0.302. The van der Waals surface area contributed by atoms with Gasteiger partial charge in [-0.3, -0.25) is 4.79 Å². The second-order valence-electron chi connectivity index (χ2n) is 4.09. The number of para-hydroxylation sites is 1. The first kappa shape index (κ1) is 14.8. The number of ether oxygens (including phenoxy) is 2. The predicted molar refractivity (Wildman–Crippen MR) is 81.8 cm³/mol. The Morgan fingerprint density at radius 3 is 2.67 bits per heavy atom. The molecule has 0 saturated carbocycles. The lowest BCUT2D eigenvalue weighted by Gasteiger charge is -2.10. The number of methoxy groups -OCH3 is 2. The average Bonchev–Trinajstić information content (AvgIpc) is 3.05. The third-order valence-corrected chi connectivity index (χ3v) is 3.56. The molecule has 0 bridgehead atoms. The summed E-state index contributed by atoms with van der Waals surface area (Å²) in [5.41, 5.74) is 1.19. The van der Waals surface area contributed by atoms with Gasteiger partial charge in [0, 0.05) is 16.5 Å². The van der Waals surface area contributed by atoms with Crippen LogP contribution in [-0.4, -0.2) is 20.0 Å². The number of nitriles is 1. The molecule has 0 amide bonds. The van der Waals surface area contributed by atoms with Crippen LogP contribution in [0.5, 0.6) is 11.5 Å². The first-order chi connectivity index (χ1) is 10.2. The zero-order valence-electron chi connectivity index (χ0n) is 11.6. The fourth-order valence-electron chi connectivity index (χ4n) is 1.88. The zero-order chi connectivity index (χ0) is 15.2. The number of Topliss-reactive ketones (excluding diaryl/α,β-unsaturated/α-hetero) is 1. The van der Waals surface area contributed by atoms with Gasteiger partial charge in [-0.25, -0.2) is 0 Å². The smallest absolute Gasteiger partial charge is 0.204 e. The number of hydrogen-bond acceptors (Lipinski definition) is 5. The Morgan fingerprint density at radius 1 is 1.29 bits per heavy atom. The topological polar surface area (TPSA) is 59.3 Å². The van der Waals surface area contributed by atoms with E-state index in [1.54, 1.807) is 35.0 Å². The van der Waals surface area contributed by atoms with Crippen molar-refractivity contribution < 1.29 is 14.3 Å². The van der Waals surface area contributed by atoms with E-state index in [0.29, 0.717) is 22.6 Å². The molecule has 0 saturated heterocycles. The molecule has 2 rings (SSSR count). The highest BCUT2D eigenvalue weighted by Gasteiger charge is 2.15. The standard InChI is InChI=1S/C16H13NO3S/c1-19-14-5-3-4-11(16(14)20-2)8-13(9-17)15(18)12-6-7-21-10-12/h3-8,10H,1-2H3/b13-8+. The van der Waals surface area contributed by atoms with Crippen LogP contribution in [0.2, 0.25) is 0 Å². The van der Waals surface area contributed by atoms with Gasteiger partial charge in [-0.1, -0.05) is 12.1 Å². The average molecular weight is 299 g/mol. The summed E-state index contributed by atoms with van der Waals surface area (Å²) in [7, 11) is 3.05. The molecular formula is C16H13NO3S. The number of ketones is 1. The van der Waals surface area contributed by atoms with E-state index in [-0.39, 0.29) is 11.4 Å². The number of hydrogen-bond donors (Lipinski definition) is 0. The molecule has 1 heterocycles. The van der Waals surface area contributed by atoms with E-state index >= 15 is 0 Å². The Bertz CT molecular complexity index is 712. The van der Waals surface area contributed by atoms with Crippen molar-refractivity contribution in [3.63, 3.8) is 0 Å². The molecule has 0 N–H and O–H groups in total. The normalized spacial score (nSPS) is 10.8. The molecule has 21 heavy (non-hydrogen) atoms. The van der Waals surface area contributed by atoms with Crippen LogP contribution in [0.4, 0.5) is 0 Å². The van der Waals surface area contributed by atoms with Crippen molar-refractivity contribution in [2.45, 2.75) is 0 Å². The molecule has 0 atom stereocenters. The second kappa shape index (κ2) is 6.73. The lowest BCUT2D eigenvalue weighted by atomic mass is 10.0. The molecule has 0 aliphatic rings. The molecule has 5 heteroatoms. The van der Waals surface area contributed by atoms with Gasteiger partial charge in [-0.2, -0.15) is 16.6 Å². The zero-order valence-corrected chi connectivity index (χ0v) is 12.4. The molecule has 4 nitrogen and oxygen atoms in total. The highest BCUT2D eigenvalue weighted by molar-refractivity contribution is 7.08. The SMILES string of the molecule is COc1cccc(/C=C(\C#N)C(=O)c2ccsc2)c1OC. The number of allylic oxidation sites excluding steroid dienone is 1. The lowest BCUT2D eigenvalue weighted by Crippen LogP contribution is -2.00. The van der Waals surface area contributed by atoms with Crippen molar-refractivity contribution in [3.05, 3.63) is 51.7 Å². The number of benzene rings is 1. The Balaban J connectivity index is 2.46. The van der Waals surface area contributed by atoms with Crippen molar-refractivity contribution in [3.8, 4) is 17.6 Å². The molecule has 0 aliphatic heterocycles. The van der Waals surface area contributed by atoms with Gasteiger partial charge in [0.05, 0.1) is 14.2 Å². The van der Waals surface area contributed by atoms with Crippen LogP contribution in [0.15, 0.2) is 40.6 Å². The molecule has 2 aromatic rings. The van der Waals surface area contributed by atoms with Crippen LogP contribution < -0.4 is 9.47 Å². The maximum atomic E-state index is 12.2. The third kappa shape index (κ3) is 3.12. The van der Waals surface area contributed by atoms with Crippen LogP contribution >= 0.6 is 11.3 Å². The Labute approximate surface area is 126 Å². The lowest BCUT2D eigenvalue weighted by molar-refractivity contribution is 0.104. The molecular weight excluding hydrogens is 286 g/mol. The van der Waals surface area contributed by atoms with E-state index in [4.69, 9.17) is 9.47 Å². The summed E-state index contributed by atoms with van der Waals surface area (Å²) in [6, 6.07) is 8.93. The number of carbonyl (C=O) groups excluding carboxylic acids is 1. The summed E-state index contributed by atoms with van der Waals surface area (Å²) in [5.74, 6) is 0.737. The highest BCUT2D eigenvalue weighted by Crippen LogP contribution is 2.32. The van der Waals surface area contributed by atoms with Gasteiger partial charge in [-0.15, -0.1) is 0 Å². The van der Waals surface area contributed by atoms with Crippen LogP contribution in [0.3, 0.4) is 0 Å². The maximum absolute atomic E-state index is 12.2. The van der Waals surface area contributed by atoms with Gasteiger partial charge < -0.3 is 9.47 Å². The molecule has 0 spiro atoms. The molecule has 0 radical (unpaired) electrons. The predicted octanol–water partition coefficient (Wildman–Crippen LogP) is 3.56. The summed E-state index contributed by atoms with van der Waals surface area (Å²) >= 11 is 1.41. The molecule has 106 valence electrons. The van der Waals surface area contributed by atoms with Crippen molar-refractivity contribution in [1.29, 1.82) is 5.26 Å². The largest absolute Gasteiger partial charge is 0.493 e. The van der Waals surface area contributed by atoms with Crippen LogP contribution in [0.25, 0.3) is 6.08 Å². The first-order valence-corrected chi connectivity index (χ1v) is 7.05. The van der Waals surface area contributed by atoms with E-state index in [1.807, 2.05) is 6.07 Å². The second-order valence-corrected chi connectivity index (χ2v) is 4.87. The van der Waals surface area contributed by atoms with Gasteiger partial charge in [0.2, 0.25) is 5.78 Å². The third-order valence-electron chi connectivity index (χ3n) is 2.88. The number of rotatable bonds is 5. The van der Waals surface area contributed by atoms with E-state index in [1.165, 1.54) is 31.6 Å². The molecule has 0 fully saturated rings. The summed E-state index contributed by atoms with van der Waals surface area (Å²) in [6.45, 7) is 0. The minimum absolute atomic E-state index is 0.0555. The van der Waals surface area contributed by atoms with E-state index in [0.717, 1.165) is 0 Å². The molecule has 1 aromatic carbocycles. The summed E-state index contributed by atoms with van der Waals surface area (Å²) in [6.07, 6.45) is 1.52.